The van der Waals surface area contributed by atoms with E-state index in [1.54, 1.807) is 17.9 Å². The van der Waals surface area contributed by atoms with Crippen molar-refractivity contribution >= 4 is 17.6 Å². The van der Waals surface area contributed by atoms with Gasteiger partial charge in [0.15, 0.2) is 0 Å². The molecule has 1 aliphatic rings. The lowest BCUT2D eigenvalue weighted by molar-refractivity contribution is -0.126. The monoisotopic (exact) mass is 459 g/mol. The predicted octanol–water partition coefficient (Wildman–Crippen LogP) is 5.40. The molecule has 0 bridgehead atoms. The molecule has 1 fully saturated rings. The Hall–Kier alpha value is -3.67. The van der Waals surface area contributed by atoms with E-state index in [9.17, 15) is 14.0 Å². The molecular weight excluding hydrogens is 429 g/mol. The van der Waals surface area contributed by atoms with E-state index in [0.717, 1.165) is 16.7 Å². The number of piperidine rings is 1. The highest BCUT2D eigenvalue weighted by molar-refractivity contribution is 5.90. The zero-order valence-electron chi connectivity index (χ0n) is 19.6. The van der Waals surface area contributed by atoms with Gasteiger partial charge < -0.3 is 15.5 Å². The van der Waals surface area contributed by atoms with Crippen molar-refractivity contribution in [2.75, 3.05) is 18.4 Å². The van der Waals surface area contributed by atoms with Crippen molar-refractivity contribution in [3.05, 3.63) is 101 Å². The van der Waals surface area contributed by atoms with E-state index in [-0.39, 0.29) is 29.6 Å². The van der Waals surface area contributed by atoms with Gasteiger partial charge in [0.05, 0.1) is 5.92 Å². The molecule has 0 unspecified atom stereocenters. The smallest absolute Gasteiger partial charge is 0.321 e. The van der Waals surface area contributed by atoms with Crippen LogP contribution in [0, 0.1) is 25.6 Å². The first-order valence-corrected chi connectivity index (χ1v) is 11.6. The molecule has 1 saturated heterocycles. The maximum atomic E-state index is 13.9. The molecule has 176 valence electrons. The van der Waals surface area contributed by atoms with Gasteiger partial charge in [-0.05, 0) is 55.2 Å². The van der Waals surface area contributed by atoms with Gasteiger partial charge in [-0.25, -0.2) is 9.18 Å². The van der Waals surface area contributed by atoms with Crippen molar-refractivity contribution < 1.29 is 14.0 Å². The summed E-state index contributed by atoms with van der Waals surface area (Å²) in [6, 6.07) is 22.1. The van der Waals surface area contributed by atoms with Gasteiger partial charge >= 0.3 is 6.03 Å². The Kier molecular flexibility index (Phi) is 7.26. The molecule has 6 heteroatoms. The number of aryl methyl sites for hydroxylation is 2. The molecule has 0 radical (unpaired) electrons. The fourth-order valence-electron chi connectivity index (χ4n) is 4.50. The normalized spacial score (nSPS) is 17.8. The van der Waals surface area contributed by atoms with Crippen molar-refractivity contribution in [1.82, 2.24) is 10.2 Å². The molecule has 3 aromatic rings. The average molecular weight is 460 g/mol. The van der Waals surface area contributed by atoms with Crippen LogP contribution in [0.25, 0.3) is 0 Å². The summed E-state index contributed by atoms with van der Waals surface area (Å²) in [5.74, 6) is -0.770. The molecule has 3 amide bonds. The summed E-state index contributed by atoms with van der Waals surface area (Å²) >= 11 is 0. The number of para-hydroxylation sites is 1. The first kappa shape index (κ1) is 23.5. The number of carbonyl (C=O) groups excluding carboxylic acids is 2. The van der Waals surface area contributed by atoms with Crippen LogP contribution in [-0.4, -0.2) is 29.9 Å². The van der Waals surface area contributed by atoms with Crippen LogP contribution in [-0.2, 0) is 11.3 Å². The van der Waals surface area contributed by atoms with Gasteiger partial charge in [-0.15, -0.1) is 0 Å². The standard InChI is InChI=1S/C28H30FN3O2/c1-19-7-6-8-21(13-19)16-30-27(33)24-15-23(22-11-12-26(29)20(2)14-22)17-32(18-24)28(34)31-25-9-4-3-5-10-25/h3-14,23-24H,15-18H2,1-2H3,(H,30,33)(H,31,34)/t23-,24-/m0/s1. The van der Waals surface area contributed by atoms with Gasteiger partial charge in [-0.2, -0.15) is 0 Å². The second kappa shape index (κ2) is 10.5. The number of likely N-dealkylation sites (tertiary alicyclic amines) is 1. The van der Waals surface area contributed by atoms with Crippen molar-refractivity contribution in [3.8, 4) is 0 Å². The highest BCUT2D eigenvalue weighted by atomic mass is 19.1. The third kappa shape index (κ3) is 5.81. The van der Waals surface area contributed by atoms with Crippen molar-refractivity contribution in [2.45, 2.75) is 32.7 Å². The van der Waals surface area contributed by atoms with Gasteiger partial charge in [-0.1, -0.05) is 60.2 Å². The molecule has 0 aliphatic carbocycles. The Balaban J connectivity index is 1.51. The lowest BCUT2D eigenvalue weighted by Gasteiger charge is -2.37. The minimum absolute atomic E-state index is 0.0655. The number of halogens is 1. The predicted molar refractivity (Wildman–Crippen MR) is 132 cm³/mol. The average Bonchev–Trinajstić information content (AvgIpc) is 2.84. The quantitative estimate of drug-likeness (QED) is 0.537. The van der Waals surface area contributed by atoms with Crippen molar-refractivity contribution in [2.24, 2.45) is 5.92 Å². The Morgan fingerprint density at radius 1 is 0.971 bits per heavy atom. The molecule has 1 aliphatic heterocycles. The molecule has 2 atom stereocenters. The van der Waals surface area contributed by atoms with Crippen molar-refractivity contribution in [3.63, 3.8) is 0 Å². The van der Waals surface area contributed by atoms with Crippen LogP contribution in [0.15, 0.2) is 72.8 Å². The minimum Gasteiger partial charge on any atom is -0.352 e. The summed E-state index contributed by atoms with van der Waals surface area (Å²) in [7, 11) is 0. The number of rotatable bonds is 5. The lowest BCUT2D eigenvalue weighted by atomic mass is 9.83. The van der Waals surface area contributed by atoms with Crippen LogP contribution in [0.5, 0.6) is 0 Å². The van der Waals surface area contributed by atoms with Crippen LogP contribution < -0.4 is 10.6 Å². The Bertz CT molecular complexity index is 1170. The van der Waals surface area contributed by atoms with Crippen LogP contribution in [0.4, 0.5) is 14.9 Å². The van der Waals surface area contributed by atoms with E-state index >= 15 is 0 Å². The van der Waals surface area contributed by atoms with E-state index in [1.165, 1.54) is 6.07 Å². The van der Waals surface area contributed by atoms with E-state index in [0.29, 0.717) is 37.3 Å². The van der Waals surface area contributed by atoms with Gasteiger partial charge in [0, 0.05) is 31.2 Å². The first-order chi connectivity index (χ1) is 16.4. The van der Waals surface area contributed by atoms with Crippen LogP contribution >= 0.6 is 0 Å². The van der Waals surface area contributed by atoms with Gasteiger partial charge in [0.2, 0.25) is 5.91 Å². The first-order valence-electron chi connectivity index (χ1n) is 11.6. The molecule has 5 nitrogen and oxygen atoms in total. The number of nitrogens with one attached hydrogen (secondary N) is 2. The fourth-order valence-corrected chi connectivity index (χ4v) is 4.50. The highest BCUT2D eigenvalue weighted by Crippen LogP contribution is 2.32. The van der Waals surface area contributed by atoms with E-state index < -0.39 is 0 Å². The number of anilines is 1. The van der Waals surface area contributed by atoms with Gasteiger partial charge in [0.1, 0.15) is 5.82 Å². The zero-order chi connectivity index (χ0) is 24.1. The summed E-state index contributed by atoms with van der Waals surface area (Å²) in [6.45, 7) is 4.98. The second-order valence-corrected chi connectivity index (χ2v) is 9.05. The Labute approximate surface area is 200 Å². The highest BCUT2D eigenvalue weighted by Gasteiger charge is 2.34. The largest absolute Gasteiger partial charge is 0.352 e. The molecule has 34 heavy (non-hydrogen) atoms. The summed E-state index contributed by atoms with van der Waals surface area (Å²) in [4.78, 5) is 27.9. The topological polar surface area (TPSA) is 61.4 Å². The number of hydrogen-bond donors (Lipinski definition) is 2. The third-order valence-electron chi connectivity index (χ3n) is 6.34. The number of carbonyl (C=O) groups is 2. The maximum Gasteiger partial charge on any atom is 0.321 e. The molecule has 0 saturated carbocycles. The maximum absolute atomic E-state index is 13.9. The number of benzene rings is 3. The van der Waals surface area contributed by atoms with Crippen LogP contribution in [0.3, 0.4) is 0 Å². The SMILES string of the molecule is Cc1cccc(CNC(=O)[C@H]2C[C@H](c3ccc(F)c(C)c3)CN(C(=O)Nc3ccccc3)C2)c1. The second-order valence-electron chi connectivity index (χ2n) is 9.05. The number of urea groups is 1. The molecule has 0 spiro atoms. The van der Waals surface area contributed by atoms with E-state index in [1.807, 2.05) is 67.6 Å². The molecule has 2 N–H and O–H groups in total. The van der Waals surface area contributed by atoms with E-state index in [4.69, 9.17) is 0 Å². The summed E-state index contributed by atoms with van der Waals surface area (Å²) in [5, 5.41) is 5.96. The molecule has 3 aromatic carbocycles. The van der Waals surface area contributed by atoms with Crippen molar-refractivity contribution in [1.29, 1.82) is 0 Å². The molecule has 1 heterocycles. The number of hydrogen-bond acceptors (Lipinski definition) is 2. The lowest BCUT2D eigenvalue weighted by Crippen LogP contribution is -2.49. The molecular formula is C28H30FN3O2. The Morgan fingerprint density at radius 2 is 1.76 bits per heavy atom. The van der Waals surface area contributed by atoms with Gasteiger partial charge in [0.25, 0.3) is 0 Å². The number of nitrogens with zero attached hydrogens (tertiary/aromatic N) is 1. The summed E-state index contributed by atoms with van der Waals surface area (Å²) in [5.41, 5.74) is 4.37. The number of amides is 3. The minimum atomic E-state index is -0.365. The molecule has 0 aromatic heterocycles. The van der Waals surface area contributed by atoms with Crippen LogP contribution in [0.2, 0.25) is 0 Å². The Morgan fingerprint density at radius 3 is 2.50 bits per heavy atom. The zero-order valence-corrected chi connectivity index (χ0v) is 19.6. The van der Waals surface area contributed by atoms with Crippen LogP contribution in [0.1, 0.15) is 34.6 Å². The van der Waals surface area contributed by atoms with Gasteiger partial charge in [-0.3, -0.25) is 4.79 Å². The molecule has 4 rings (SSSR count). The van der Waals surface area contributed by atoms with E-state index in [2.05, 4.69) is 10.6 Å². The summed E-state index contributed by atoms with van der Waals surface area (Å²) in [6.07, 6.45) is 0.597. The third-order valence-corrected chi connectivity index (χ3v) is 6.34. The fraction of sp³-hybridized carbons (Fsp3) is 0.286. The summed E-state index contributed by atoms with van der Waals surface area (Å²) < 4.78 is 13.9.